The number of amidine groups is 1. The number of hydrogen-bond acceptors (Lipinski definition) is 2. The monoisotopic (exact) mass is 232 g/mol. The van der Waals surface area contributed by atoms with E-state index in [0.717, 1.165) is 5.56 Å². The van der Waals surface area contributed by atoms with Gasteiger partial charge in [-0.15, -0.1) is 0 Å². The van der Waals surface area contributed by atoms with Gasteiger partial charge in [0.1, 0.15) is 11.6 Å². The summed E-state index contributed by atoms with van der Waals surface area (Å²) in [4.78, 5) is 0. The molecule has 0 aliphatic carbocycles. The molecule has 0 unspecified atom stereocenters. The lowest BCUT2D eigenvalue weighted by molar-refractivity contribution is -0.153. The van der Waals surface area contributed by atoms with Gasteiger partial charge in [-0.2, -0.15) is 13.2 Å². The minimum absolute atomic E-state index is 0.0320. The van der Waals surface area contributed by atoms with Crippen molar-refractivity contribution in [3.05, 3.63) is 29.3 Å². The zero-order chi connectivity index (χ0) is 12.3. The van der Waals surface area contributed by atoms with Crippen molar-refractivity contribution in [2.75, 3.05) is 6.61 Å². The van der Waals surface area contributed by atoms with Crippen LogP contribution in [0.25, 0.3) is 0 Å². The van der Waals surface area contributed by atoms with Crippen LogP contribution in [0.2, 0.25) is 0 Å². The van der Waals surface area contributed by atoms with Crippen LogP contribution in [-0.4, -0.2) is 18.6 Å². The summed E-state index contributed by atoms with van der Waals surface area (Å²) in [5.74, 6) is -0.351. The summed E-state index contributed by atoms with van der Waals surface area (Å²) in [7, 11) is 0. The van der Waals surface area contributed by atoms with Crippen LogP contribution in [-0.2, 0) is 0 Å². The van der Waals surface area contributed by atoms with Crippen molar-refractivity contribution in [1.82, 2.24) is 0 Å². The minimum Gasteiger partial charge on any atom is -0.483 e. The highest BCUT2D eigenvalue weighted by atomic mass is 19.4. The fraction of sp³-hybridized carbons (Fsp3) is 0.300. The summed E-state index contributed by atoms with van der Waals surface area (Å²) in [6.45, 7) is 0.357. The van der Waals surface area contributed by atoms with Gasteiger partial charge in [0.2, 0.25) is 0 Å². The molecule has 88 valence electrons. The quantitative estimate of drug-likeness (QED) is 0.620. The van der Waals surface area contributed by atoms with E-state index in [-0.39, 0.29) is 17.1 Å². The first-order valence-corrected chi connectivity index (χ1v) is 4.44. The van der Waals surface area contributed by atoms with Gasteiger partial charge in [-0.05, 0) is 19.1 Å². The van der Waals surface area contributed by atoms with Crippen molar-refractivity contribution in [2.24, 2.45) is 5.73 Å². The topological polar surface area (TPSA) is 59.1 Å². The summed E-state index contributed by atoms with van der Waals surface area (Å²) in [6.07, 6.45) is -4.40. The number of aryl methyl sites for hydroxylation is 1. The number of hydrogen-bond donors (Lipinski definition) is 2. The Labute approximate surface area is 90.5 Å². The molecule has 0 saturated carbocycles. The number of alkyl halides is 3. The maximum atomic E-state index is 11.9. The van der Waals surface area contributed by atoms with Gasteiger partial charge in [0.05, 0.1) is 5.56 Å². The van der Waals surface area contributed by atoms with Crippen LogP contribution >= 0.6 is 0 Å². The van der Waals surface area contributed by atoms with E-state index < -0.39 is 12.8 Å². The third kappa shape index (κ3) is 3.45. The van der Waals surface area contributed by atoms with Crippen molar-refractivity contribution in [3.8, 4) is 5.75 Å². The summed E-state index contributed by atoms with van der Waals surface area (Å²) in [5, 5.41) is 7.22. The largest absolute Gasteiger partial charge is 0.483 e. The molecule has 0 spiro atoms. The third-order valence-electron chi connectivity index (χ3n) is 1.82. The molecule has 3 nitrogen and oxygen atoms in total. The van der Waals surface area contributed by atoms with E-state index in [0.29, 0.717) is 0 Å². The second-order valence-electron chi connectivity index (χ2n) is 3.32. The summed E-state index contributed by atoms with van der Waals surface area (Å²) >= 11 is 0. The molecule has 0 atom stereocenters. The molecule has 0 saturated heterocycles. The summed E-state index contributed by atoms with van der Waals surface area (Å²) in [6, 6.07) is 4.48. The van der Waals surface area contributed by atoms with E-state index in [1.54, 1.807) is 13.0 Å². The fourth-order valence-electron chi connectivity index (χ4n) is 1.14. The van der Waals surface area contributed by atoms with E-state index in [9.17, 15) is 13.2 Å². The number of halogens is 3. The first kappa shape index (κ1) is 12.4. The van der Waals surface area contributed by atoms with Gasteiger partial charge in [-0.3, -0.25) is 5.41 Å². The number of nitrogens with one attached hydrogen (secondary N) is 1. The molecule has 3 N–H and O–H groups in total. The lowest BCUT2D eigenvalue weighted by Gasteiger charge is -2.12. The van der Waals surface area contributed by atoms with E-state index in [1.807, 2.05) is 0 Å². The highest BCUT2D eigenvalue weighted by Crippen LogP contribution is 2.22. The molecule has 0 fully saturated rings. The van der Waals surface area contributed by atoms with Gasteiger partial charge in [-0.1, -0.05) is 11.6 Å². The Bertz CT molecular complexity index is 402. The molecule has 0 heterocycles. The van der Waals surface area contributed by atoms with Gasteiger partial charge in [0.25, 0.3) is 0 Å². The normalized spacial score (nSPS) is 11.2. The molecule has 1 rings (SSSR count). The van der Waals surface area contributed by atoms with Crippen molar-refractivity contribution in [1.29, 1.82) is 5.41 Å². The number of rotatable bonds is 3. The molecule has 1 aromatic carbocycles. The van der Waals surface area contributed by atoms with Gasteiger partial charge < -0.3 is 10.5 Å². The molecule has 0 bridgehead atoms. The van der Waals surface area contributed by atoms with E-state index >= 15 is 0 Å². The molecule has 0 aliphatic rings. The zero-order valence-corrected chi connectivity index (χ0v) is 8.56. The predicted octanol–water partition coefficient (Wildman–Crippen LogP) is 2.22. The maximum Gasteiger partial charge on any atom is 0.422 e. The van der Waals surface area contributed by atoms with Crippen molar-refractivity contribution in [2.45, 2.75) is 13.1 Å². The van der Waals surface area contributed by atoms with Crippen LogP contribution in [0.5, 0.6) is 5.75 Å². The van der Waals surface area contributed by atoms with Gasteiger partial charge in [-0.25, -0.2) is 0 Å². The average Bonchev–Trinajstić information content (AvgIpc) is 2.14. The molecule has 0 radical (unpaired) electrons. The Hall–Kier alpha value is -1.72. The van der Waals surface area contributed by atoms with Gasteiger partial charge >= 0.3 is 6.18 Å². The van der Waals surface area contributed by atoms with Crippen LogP contribution in [0.4, 0.5) is 13.2 Å². The van der Waals surface area contributed by atoms with Crippen molar-refractivity contribution in [3.63, 3.8) is 0 Å². The van der Waals surface area contributed by atoms with E-state index in [1.165, 1.54) is 12.1 Å². The predicted molar refractivity (Wildman–Crippen MR) is 53.7 cm³/mol. The van der Waals surface area contributed by atoms with Crippen LogP contribution in [0.1, 0.15) is 11.1 Å². The molecule has 0 aliphatic heterocycles. The van der Waals surface area contributed by atoms with Crippen LogP contribution in [0.15, 0.2) is 18.2 Å². The van der Waals surface area contributed by atoms with Crippen molar-refractivity contribution < 1.29 is 17.9 Å². The zero-order valence-electron chi connectivity index (χ0n) is 8.56. The van der Waals surface area contributed by atoms with Crippen LogP contribution < -0.4 is 10.5 Å². The first-order chi connectivity index (χ1) is 7.29. The molecular weight excluding hydrogens is 221 g/mol. The van der Waals surface area contributed by atoms with Crippen LogP contribution in [0.3, 0.4) is 0 Å². The Kier molecular flexibility index (Phi) is 3.41. The standard InChI is InChI=1S/C10H11F3N2O/c1-6-2-3-8(7(4-6)9(14)15)16-5-10(11,12)13/h2-4H,5H2,1H3,(H3,14,15). The second kappa shape index (κ2) is 4.42. The number of nitrogen functional groups attached to an aromatic ring is 1. The fourth-order valence-corrected chi connectivity index (χ4v) is 1.14. The lowest BCUT2D eigenvalue weighted by Crippen LogP contribution is -2.21. The molecule has 6 heteroatoms. The maximum absolute atomic E-state index is 11.9. The Morgan fingerprint density at radius 1 is 1.44 bits per heavy atom. The average molecular weight is 232 g/mol. The summed E-state index contributed by atoms with van der Waals surface area (Å²) in [5.41, 5.74) is 6.21. The van der Waals surface area contributed by atoms with Crippen LogP contribution in [0, 0.1) is 12.3 Å². The van der Waals surface area contributed by atoms with E-state index in [2.05, 4.69) is 4.74 Å². The third-order valence-corrected chi connectivity index (χ3v) is 1.82. The summed E-state index contributed by atoms with van der Waals surface area (Å²) < 4.78 is 40.4. The molecular formula is C10H11F3N2O. The highest BCUT2D eigenvalue weighted by Gasteiger charge is 2.28. The van der Waals surface area contributed by atoms with Gasteiger partial charge in [0, 0.05) is 0 Å². The molecule has 0 amide bonds. The number of benzene rings is 1. The molecule has 1 aromatic rings. The SMILES string of the molecule is Cc1ccc(OCC(F)(F)F)c(C(=N)N)c1. The van der Waals surface area contributed by atoms with Crippen molar-refractivity contribution >= 4 is 5.84 Å². The first-order valence-electron chi connectivity index (χ1n) is 4.44. The lowest BCUT2D eigenvalue weighted by atomic mass is 10.1. The Morgan fingerprint density at radius 3 is 2.56 bits per heavy atom. The second-order valence-corrected chi connectivity index (χ2v) is 3.32. The minimum atomic E-state index is -4.40. The number of ether oxygens (including phenoxy) is 1. The van der Waals surface area contributed by atoms with Gasteiger partial charge in [0.15, 0.2) is 6.61 Å². The Morgan fingerprint density at radius 2 is 2.06 bits per heavy atom. The molecule has 16 heavy (non-hydrogen) atoms. The molecule has 0 aromatic heterocycles. The Balaban J connectivity index is 2.91. The number of nitrogens with two attached hydrogens (primary N) is 1. The smallest absolute Gasteiger partial charge is 0.422 e. The van der Waals surface area contributed by atoms with E-state index in [4.69, 9.17) is 11.1 Å². The highest BCUT2D eigenvalue weighted by molar-refractivity contribution is 5.97.